The number of Topliss-reactive ketones (excluding diaryl/α,β-unsaturated/α-hetero) is 2. The molecule has 0 radical (unpaired) electrons. The van der Waals surface area contributed by atoms with E-state index in [4.69, 9.17) is 27.9 Å². The van der Waals surface area contributed by atoms with Crippen molar-refractivity contribution in [1.82, 2.24) is 4.90 Å². The fourth-order valence-electron chi connectivity index (χ4n) is 6.62. The van der Waals surface area contributed by atoms with E-state index in [0.29, 0.717) is 58.2 Å². The van der Waals surface area contributed by atoms with Gasteiger partial charge in [-0.3, -0.25) is 14.4 Å². The van der Waals surface area contributed by atoms with Gasteiger partial charge in [-0.1, -0.05) is 80.7 Å². The van der Waals surface area contributed by atoms with Crippen molar-refractivity contribution in [1.29, 1.82) is 0 Å². The molecule has 3 aliphatic rings. The molecule has 0 amide bonds. The lowest BCUT2D eigenvalue weighted by atomic mass is 9.63. The Morgan fingerprint density at radius 3 is 2.00 bits per heavy atom. The molecule has 5 rings (SSSR count). The number of halogens is 2. The van der Waals surface area contributed by atoms with Crippen LogP contribution in [-0.4, -0.2) is 34.1 Å². The van der Waals surface area contributed by atoms with E-state index in [0.717, 1.165) is 22.5 Å². The second-order valence-corrected chi connectivity index (χ2v) is 14.3. The molecule has 0 fully saturated rings. The minimum Gasteiger partial charge on any atom is -0.487 e. The summed E-state index contributed by atoms with van der Waals surface area (Å²) in [5.41, 5.74) is 4.62. The fourth-order valence-corrected chi connectivity index (χ4v) is 7.19. The first kappa shape index (κ1) is 30.4. The Morgan fingerprint density at radius 2 is 1.48 bits per heavy atom. The van der Waals surface area contributed by atoms with Crippen molar-refractivity contribution < 1.29 is 24.2 Å². The van der Waals surface area contributed by atoms with Crippen LogP contribution >= 0.6 is 23.2 Å². The second kappa shape index (κ2) is 11.2. The van der Waals surface area contributed by atoms with Gasteiger partial charge in [-0.25, -0.2) is 0 Å². The Bertz CT molecular complexity index is 1480. The first-order chi connectivity index (χ1) is 19.7. The summed E-state index contributed by atoms with van der Waals surface area (Å²) in [6, 6.07) is 11.4. The Kier molecular flexibility index (Phi) is 8.10. The summed E-state index contributed by atoms with van der Waals surface area (Å²) >= 11 is 13.4. The zero-order valence-corrected chi connectivity index (χ0v) is 26.3. The zero-order chi connectivity index (χ0) is 30.6. The van der Waals surface area contributed by atoms with Crippen LogP contribution in [0.15, 0.2) is 58.9 Å². The topological polar surface area (TPSA) is 83.9 Å². The minimum atomic E-state index is -0.933. The van der Waals surface area contributed by atoms with Gasteiger partial charge in [0.25, 0.3) is 0 Å². The number of carbonyl (C=O) groups is 3. The third-order valence-corrected chi connectivity index (χ3v) is 8.92. The van der Waals surface area contributed by atoms with Gasteiger partial charge in [-0.2, -0.15) is 0 Å². The van der Waals surface area contributed by atoms with Crippen LogP contribution < -0.4 is 4.74 Å². The number of rotatable bonds is 7. The van der Waals surface area contributed by atoms with Gasteiger partial charge in [0.15, 0.2) is 11.6 Å². The molecule has 2 aromatic carbocycles. The first-order valence-electron chi connectivity index (χ1n) is 14.3. The number of ether oxygens (including phenoxy) is 1. The zero-order valence-electron chi connectivity index (χ0n) is 24.8. The second-order valence-electron chi connectivity index (χ2n) is 13.4. The number of carboxylic acid groups (broad SMARTS) is 1. The van der Waals surface area contributed by atoms with Gasteiger partial charge in [0, 0.05) is 58.4 Å². The molecule has 1 aliphatic heterocycles. The number of nitrogens with zero attached hydrogens (tertiary/aromatic N) is 1. The molecule has 0 saturated carbocycles. The molecule has 2 aromatic rings. The highest BCUT2D eigenvalue weighted by Gasteiger charge is 2.49. The number of benzene rings is 2. The van der Waals surface area contributed by atoms with Crippen molar-refractivity contribution in [3.05, 3.63) is 85.7 Å². The van der Waals surface area contributed by atoms with Crippen LogP contribution in [0.4, 0.5) is 0 Å². The van der Waals surface area contributed by atoms with Crippen LogP contribution in [0.5, 0.6) is 5.75 Å². The highest BCUT2D eigenvalue weighted by Crippen LogP contribution is 2.56. The van der Waals surface area contributed by atoms with E-state index in [-0.39, 0.29) is 42.0 Å². The summed E-state index contributed by atoms with van der Waals surface area (Å²) in [5.74, 6) is -1.38. The molecular formula is C34H37Cl2NO5. The maximum absolute atomic E-state index is 14.1. The highest BCUT2D eigenvalue weighted by atomic mass is 35.5. The molecule has 1 N–H and O–H groups in total. The van der Waals surface area contributed by atoms with Crippen molar-refractivity contribution in [2.45, 2.75) is 79.2 Å². The van der Waals surface area contributed by atoms with Crippen LogP contribution in [0.1, 0.15) is 82.4 Å². The summed E-state index contributed by atoms with van der Waals surface area (Å²) < 4.78 is 6.37. The summed E-state index contributed by atoms with van der Waals surface area (Å²) in [6.45, 7) is 10.6. The summed E-state index contributed by atoms with van der Waals surface area (Å²) in [7, 11) is 0. The number of carboxylic acids is 1. The Balaban J connectivity index is 1.73. The Labute approximate surface area is 257 Å². The predicted molar refractivity (Wildman–Crippen MR) is 164 cm³/mol. The van der Waals surface area contributed by atoms with Gasteiger partial charge in [-0.05, 0) is 48.3 Å². The Hall–Kier alpha value is -3.09. The van der Waals surface area contributed by atoms with Gasteiger partial charge in [-0.15, -0.1) is 0 Å². The molecule has 1 heterocycles. The number of aryl methyl sites for hydroxylation is 1. The maximum Gasteiger partial charge on any atom is 0.305 e. The van der Waals surface area contributed by atoms with E-state index in [9.17, 15) is 19.5 Å². The molecule has 222 valence electrons. The third kappa shape index (κ3) is 6.02. The number of ketones is 2. The van der Waals surface area contributed by atoms with Crippen LogP contribution in [-0.2, 0) is 21.0 Å². The molecule has 0 unspecified atom stereocenters. The van der Waals surface area contributed by atoms with Crippen LogP contribution in [0, 0.1) is 17.8 Å². The van der Waals surface area contributed by atoms with Gasteiger partial charge in [0.05, 0.1) is 11.4 Å². The number of carbonyl (C=O) groups excluding carboxylic acids is 2. The van der Waals surface area contributed by atoms with E-state index in [2.05, 4.69) is 0 Å². The monoisotopic (exact) mass is 609 g/mol. The molecular weight excluding hydrogens is 573 g/mol. The molecule has 42 heavy (non-hydrogen) atoms. The molecule has 6 nitrogen and oxygen atoms in total. The van der Waals surface area contributed by atoms with Crippen molar-refractivity contribution >= 4 is 40.7 Å². The molecule has 0 aromatic heterocycles. The molecule has 0 atom stereocenters. The Morgan fingerprint density at radius 1 is 0.929 bits per heavy atom. The lowest BCUT2D eigenvalue weighted by molar-refractivity contribution is -0.137. The smallest absolute Gasteiger partial charge is 0.305 e. The summed E-state index contributed by atoms with van der Waals surface area (Å²) in [5, 5.41) is 10.3. The molecule has 2 aliphatic carbocycles. The average Bonchev–Trinajstić information content (AvgIpc) is 2.85. The van der Waals surface area contributed by atoms with Crippen LogP contribution in [0.2, 0.25) is 10.0 Å². The lowest BCUT2D eigenvalue weighted by Gasteiger charge is -2.49. The van der Waals surface area contributed by atoms with E-state index in [1.807, 2.05) is 63.8 Å². The average molecular weight is 611 g/mol. The molecule has 0 spiro atoms. The first-order valence-corrected chi connectivity index (χ1v) is 15.1. The number of hydrogen-bond acceptors (Lipinski definition) is 5. The van der Waals surface area contributed by atoms with Crippen molar-refractivity contribution in [3.8, 4) is 5.75 Å². The molecule has 0 saturated heterocycles. The van der Waals surface area contributed by atoms with E-state index >= 15 is 0 Å². The SMILES string of the molecule is Cc1ccc(COc2c(Cl)cc(Cl)cc2C2C3=C(CC(C)(C)CC3=O)N(CCC(=O)O)C3=C2C(=O)CC(C)(C)C3)cc1. The van der Waals surface area contributed by atoms with Gasteiger partial charge in [0.1, 0.15) is 12.4 Å². The van der Waals surface area contributed by atoms with Crippen LogP contribution in [0.25, 0.3) is 0 Å². The van der Waals surface area contributed by atoms with Crippen molar-refractivity contribution in [3.63, 3.8) is 0 Å². The van der Waals surface area contributed by atoms with E-state index < -0.39 is 11.9 Å². The highest BCUT2D eigenvalue weighted by molar-refractivity contribution is 6.35. The molecule has 8 heteroatoms. The summed E-state index contributed by atoms with van der Waals surface area (Å²) in [6.07, 6.45) is 1.65. The fraction of sp³-hybridized carbons (Fsp3) is 0.441. The standard InChI is InChI=1S/C34H37Cl2NO5/c1-19-6-8-20(9-7-19)18-42-32-22(12-21(35)13-23(32)36)29-30-24(14-33(2,3)16-26(30)38)37(11-10-28(40)41)25-15-34(4,5)17-27(39)31(25)29/h6-9,12-13,29H,10-11,14-18H2,1-5H3,(H,40,41). The van der Waals surface area contributed by atoms with Crippen LogP contribution in [0.3, 0.4) is 0 Å². The van der Waals surface area contributed by atoms with Gasteiger partial charge >= 0.3 is 5.97 Å². The van der Waals surface area contributed by atoms with Gasteiger partial charge < -0.3 is 14.7 Å². The van der Waals surface area contributed by atoms with E-state index in [1.165, 1.54) is 0 Å². The van der Waals surface area contributed by atoms with Crippen molar-refractivity contribution in [2.75, 3.05) is 6.54 Å². The van der Waals surface area contributed by atoms with E-state index in [1.54, 1.807) is 12.1 Å². The minimum absolute atomic E-state index is 0.0589. The van der Waals surface area contributed by atoms with Crippen molar-refractivity contribution in [2.24, 2.45) is 10.8 Å². The lowest BCUT2D eigenvalue weighted by Crippen LogP contribution is -2.45. The number of aliphatic carboxylic acids is 1. The number of allylic oxidation sites excluding steroid dienone is 4. The quantitative estimate of drug-likeness (QED) is 0.342. The maximum atomic E-state index is 14.1. The summed E-state index contributed by atoms with van der Waals surface area (Å²) in [4.78, 5) is 41.8. The largest absolute Gasteiger partial charge is 0.487 e. The number of hydrogen-bond donors (Lipinski definition) is 1. The third-order valence-electron chi connectivity index (χ3n) is 8.42. The molecule has 0 bridgehead atoms. The predicted octanol–water partition coefficient (Wildman–Crippen LogP) is 8.04. The normalized spacial score (nSPS) is 20.0. The van der Waals surface area contributed by atoms with Gasteiger partial charge in [0.2, 0.25) is 0 Å².